The van der Waals surface area contributed by atoms with Gasteiger partial charge in [0, 0.05) is 18.1 Å². The van der Waals surface area contributed by atoms with Crippen LogP contribution in [-0.4, -0.2) is 34.2 Å². The zero-order valence-electron chi connectivity index (χ0n) is 12.7. The monoisotopic (exact) mass is 359 g/mol. The van der Waals surface area contributed by atoms with Gasteiger partial charge in [0.15, 0.2) is 0 Å². The summed E-state index contributed by atoms with van der Waals surface area (Å²) in [5.74, 6) is -1.38. The normalized spacial score (nSPS) is 21.7. The lowest BCUT2D eigenvalue weighted by molar-refractivity contribution is -0.455. The molecule has 1 aromatic carbocycles. The van der Waals surface area contributed by atoms with Gasteiger partial charge in [-0.15, -0.1) is 0 Å². The van der Waals surface area contributed by atoms with E-state index in [2.05, 4.69) is 0 Å². The van der Waals surface area contributed by atoms with Gasteiger partial charge in [0.05, 0.1) is 5.92 Å². The highest BCUT2D eigenvalue weighted by atomic mass is 19.2. The minimum atomic E-state index is -3.85. The van der Waals surface area contributed by atoms with Crippen LogP contribution in [0.15, 0.2) is 54.7 Å². The standard InChI is InChI=1S/C17H15BF2N2O2.2CH4/c19-18(20)21-9-1-3-14(21)17(15-4-2-10-22(15)18)13-7-5-12(6-8-13)11-16(23)24;;/h1-10,14,17H,11H2,(H,23,24);2*1H4/p-1. The third-order valence-electron chi connectivity index (χ3n) is 4.76. The van der Waals surface area contributed by atoms with Crippen molar-refractivity contribution in [2.45, 2.75) is 33.2 Å². The molecule has 0 radical (unpaired) electrons. The number of rotatable bonds is 3. The molecule has 2 aliphatic rings. The van der Waals surface area contributed by atoms with Gasteiger partial charge in [-0.2, -0.15) is 0 Å². The number of aliphatic carboxylic acids is 1. The average Bonchev–Trinajstić information content (AvgIpc) is 3.18. The zero-order chi connectivity index (χ0) is 16.9. The summed E-state index contributed by atoms with van der Waals surface area (Å²) in [5.41, 5.74) is 2.07. The van der Waals surface area contributed by atoms with Gasteiger partial charge in [-0.05, 0) is 41.6 Å². The van der Waals surface area contributed by atoms with Crippen molar-refractivity contribution in [3.8, 4) is 0 Å². The van der Waals surface area contributed by atoms with Crippen LogP contribution >= 0.6 is 0 Å². The van der Waals surface area contributed by atoms with Gasteiger partial charge in [-0.3, -0.25) is 0 Å². The molecule has 2 aliphatic heterocycles. The Morgan fingerprint density at radius 1 is 1.19 bits per heavy atom. The zero-order valence-corrected chi connectivity index (χ0v) is 12.7. The van der Waals surface area contributed by atoms with Crippen molar-refractivity contribution in [2.75, 3.05) is 0 Å². The molecule has 0 bridgehead atoms. The van der Waals surface area contributed by atoms with Crippen LogP contribution in [0.2, 0.25) is 0 Å². The molecule has 2 atom stereocenters. The fourth-order valence-corrected chi connectivity index (χ4v) is 3.71. The number of benzene rings is 1. The highest BCUT2D eigenvalue weighted by Gasteiger charge is 2.55. The number of fused-ring (bicyclic) bond motifs is 2. The van der Waals surface area contributed by atoms with E-state index in [0.29, 0.717) is 11.3 Å². The highest BCUT2D eigenvalue weighted by molar-refractivity contribution is 6.56. The second-order valence-electron chi connectivity index (χ2n) is 6.17. The first-order chi connectivity index (χ1) is 11.5. The van der Waals surface area contributed by atoms with E-state index in [0.717, 1.165) is 14.5 Å². The first-order valence-electron chi connectivity index (χ1n) is 7.75. The van der Waals surface area contributed by atoms with Crippen LogP contribution in [0.25, 0.3) is 0 Å². The van der Waals surface area contributed by atoms with E-state index in [1.165, 1.54) is 12.4 Å². The van der Waals surface area contributed by atoms with E-state index in [4.69, 9.17) is 0 Å². The summed E-state index contributed by atoms with van der Waals surface area (Å²) < 4.78 is 31.6. The van der Waals surface area contributed by atoms with Crippen LogP contribution in [-0.2, 0) is 11.2 Å². The number of carbonyl (C=O) groups is 1. The van der Waals surface area contributed by atoms with E-state index in [9.17, 15) is 18.5 Å². The van der Waals surface area contributed by atoms with Crippen molar-refractivity contribution in [3.63, 3.8) is 0 Å². The predicted octanol–water partition coefficient (Wildman–Crippen LogP) is 2.44. The molecule has 2 unspecified atom stereocenters. The SMILES string of the molecule is C.C.O=C([O-])Cc1ccc(C2c3cccn3[B-](F)(F)[N+]3=CC=CC23)cc1. The number of carbonyl (C=O) groups excluding carboxylic acids is 1. The molecule has 4 rings (SSSR count). The molecule has 1 aromatic heterocycles. The van der Waals surface area contributed by atoms with Crippen molar-refractivity contribution in [3.05, 3.63) is 71.6 Å². The van der Waals surface area contributed by atoms with Crippen LogP contribution in [0.5, 0.6) is 0 Å². The van der Waals surface area contributed by atoms with Gasteiger partial charge in [0.2, 0.25) is 0 Å². The lowest BCUT2D eigenvalue weighted by Gasteiger charge is -2.38. The van der Waals surface area contributed by atoms with Gasteiger partial charge < -0.3 is 27.5 Å². The third-order valence-corrected chi connectivity index (χ3v) is 4.76. The van der Waals surface area contributed by atoms with Crippen molar-refractivity contribution in [1.29, 1.82) is 0 Å². The fraction of sp³-hybridized carbons (Fsp3) is 0.263. The van der Waals surface area contributed by atoms with Gasteiger partial charge in [-0.1, -0.05) is 39.1 Å². The van der Waals surface area contributed by atoms with E-state index in [1.54, 1.807) is 48.6 Å². The average molecular weight is 359 g/mol. The van der Waals surface area contributed by atoms with E-state index < -0.39 is 19.0 Å². The van der Waals surface area contributed by atoms with Gasteiger partial charge >= 0.3 is 6.97 Å². The summed E-state index contributed by atoms with van der Waals surface area (Å²) in [6.45, 7) is -3.85. The maximum atomic E-state index is 14.7. The molecule has 0 aliphatic carbocycles. The Kier molecular flexibility index (Phi) is 5.21. The number of allylic oxidation sites excluding steroid dienone is 1. The largest absolute Gasteiger partial charge is 0.731 e. The quantitative estimate of drug-likeness (QED) is 0.791. The molecule has 3 heterocycles. The summed E-state index contributed by atoms with van der Waals surface area (Å²) in [6.07, 6.45) is 6.13. The van der Waals surface area contributed by atoms with Crippen LogP contribution in [0.4, 0.5) is 8.63 Å². The number of carboxylic acids is 1. The molecule has 0 amide bonds. The Balaban J connectivity index is 0.00000121. The smallest absolute Gasteiger partial charge is 0.550 e. The molecule has 0 saturated heterocycles. The first kappa shape index (κ1) is 19.6. The second kappa shape index (κ2) is 6.90. The molecule has 7 heteroatoms. The number of nitrogens with zero attached hydrogens (tertiary/aromatic N) is 2. The third kappa shape index (κ3) is 2.87. The summed E-state index contributed by atoms with van der Waals surface area (Å²) in [4.78, 5) is 10.7. The van der Waals surface area contributed by atoms with Gasteiger partial charge in [0.1, 0.15) is 12.3 Å². The summed E-state index contributed by atoms with van der Waals surface area (Å²) in [7, 11) is 0. The molecular formula is C19H22BF2N2O2-. The lowest BCUT2D eigenvalue weighted by Crippen LogP contribution is -2.56. The molecule has 138 valence electrons. The van der Waals surface area contributed by atoms with Crippen molar-refractivity contribution >= 4 is 19.2 Å². The maximum absolute atomic E-state index is 14.7. The number of hydrogen-bond donors (Lipinski definition) is 0. The summed E-state index contributed by atoms with van der Waals surface area (Å²) in [5, 5.41) is 10.7. The Bertz CT molecular complexity index is 872. The summed E-state index contributed by atoms with van der Waals surface area (Å²) >= 11 is 0. The topological polar surface area (TPSA) is 48.1 Å². The first-order valence-corrected chi connectivity index (χ1v) is 7.75. The van der Waals surface area contributed by atoms with E-state index in [-0.39, 0.29) is 27.2 Å². The molecule has 0 N–H and O–H groups in total. The Morgan fingerprint density at radius 2 is 1.88 bits per heavy atom. The van der Waals surface area contributed by atoms with E-state index in [1.807, 2.05) is 0 Å². The molecule has 0 saturated carbocycles. The van der Waals surface area contributed by atoms with Gasteiger partial charge in [0.25, 0.3) is 0 Å². The Hall–Kier alpha value is -2.70. The van der Waals surface area contributed by atoms with Crippen LogP contribution < -0.4 is 5.11 Å². The number of halogens is 2. The van der Waals surface area contributed by atoms with Gasteiger partial charge in [-0.25, -0.2) is 0 Å². The minimum absolute atomic E-state index is 0. The molecule has 4 nitrogen and oxygen atoms in total. The maximum Gasteiger partial charge on any atom is 0.731 e. The van der Waals surface area contributed by atoms with Crippen molar-refractivity contribution in [1.82, 2.24) is 4.48 Å². The molecular weight excluding hydrogens is 337 g/mol. The molecule has 0 fully saturated rings. The number of hydrogen-bond acceptors (Lipinski definition) is 2. The fourth-order valence-electron chi connectivity index (χ4n) is 3.71. The van der Waals surface area contributed by atoms with E-state index >= 15 is 0 Å². The van der Waals surface area contributed by atoms with Crippen molar-refractivity contribution in [2.24, 2.45) is 0 Å². The van der Waals surface area contributed by atoms with Crippen LogP contribution in [0.1, 0.15) is 37.6 Å². The Morgan fingerprint density at radius 3 is 2.54 bits per heavy atom. The predicted molar refractivity (Wildman–Crippen MR) is 97.5 cm³/mol. The Labute approximate surface area is 152 Å². The molecule has 0 spiro atoms. The molecule has 26 heavy (non-hydrogen) atoms. The number of carboxylic acid groups (broad SMARTS) is 1. The number of aromatic nitrogens is 1. The van der Waals surface area contributed by atoms with Crippen LogP contribution in [0.3, 0.4) is 0 Å². The van der Waals surface area contributed by atoms with Crippen LogP contribution in [0, 0.1) is 0 Å². The minimum Gasteiger partial charge on any atom is -0.550 e. The second-order valence-corrected chi connectivity index (χ2v) is 6.17. The highest BCUT2D eigenvalue weighted by Crippen LogP contribution is 2.39. The van der Waals surface area contributed by atoms with Crippen molar-refractivity contribution < 1.29 is 23.0 Å². The molecule has 2 aromatic rings. The summed E-state index contributed by atoms with van der Waals surface area (Å²) in [6, 6.07) is 9.94. The lowest BCUT2D eigenvalue weighted by atomic mass is 9.78.